The molecule has 3 amide bonds. The Hall–Kier alpha value is -2.44. The van der Waals surface area contributed by atoms with Crippen LogP contribution in [0.2, 0.25) is 0 Å². The lowest BCUT2D eigenvalue weighted by Crippen LogP contribution is -2.41. The van der Waals surface area contributed by atoms with E-state index in [0.29, 0.717) is 6.54 Å². The molecule has 1 atom stereocenters. The maximum absolute atomic E-state index is 11.9. The Morgan fingerprint density at radius 1 is 1.45 bits per heavy atom. The van der Waals surface area contributed by atoms with Crippen LogP contribution < -0.4 is 5.32 Å². The number of hydrogen-bond acceptors (Lipinski definition) is 5. The van der Waals surface area contributed by atoms with Gasteiger partial charge in [0, 0.05) is 25.0 Å². The van der Waals surface area contributed by atoms with E-state index in [0.717, 1.165) is 10.6 Å². The van der Waals surface area contributed by atoms with Gasteiger partial charge in [-0.1, -0.05) is 0 Å². The highest BCUT2D eigenvalue weighted by molar-refractivity contribution is 5.99. The normalized spacial score (nSPS) is 15.7. The standard InChI is InChI=1S/C13H15N3O4/c1-8-3-4-10(7-15-8)12(18)20-9(2)11(17)16-6-5-14-13(16)19/h3-4,7,9H,5-6H2,1-2H3,(H,14,19). The van der Waals surface area contributed by atoms with Crippen molar-refractivity contribution in [3.05, 3.63) is 29.6 Å². The number of nitrogens with zero attached hydrogens (tertiary/aromatic N) is 2. The summed E-state index contributed by atoms with van der Waals surface area (Å²) >= 11 is 0. The van der Waals surface area contributed by atoms with Gasteiger partial charge in [-0.25, -0.2) is 9.59 Å². The first-order valence-electron chi connectivity index (χ1n) is 6.22. The van der Waals surface area contributed by atoms with Crippen LogP contribution in [-0.4, -0.2) is 47.0 Å². The molecule has 0 saturated carbocycles. The van der Waals surface area contributed by atoms with Gasteiger partial charge in [-0.05, 0) is 26.0 Å². The monoisotopic (exact) mass is 277 g/mol. The van der Waals surface area contributed by atoms with Gasteiger partial charge in [0.05, 0.1) is 5.56 Å². The molecule has 7 nitrogen and oxygen atoms in total. The quantitative estimate of drug-likeness (QED) is 0.812. The second-order valence-electron chi connectivity index (χ2n) is 4.46. The first kappa shape index (κ1) is 14.0. The molecule has 0 bridgehead atoms. The third kappa shape index (κ3) is 2.93. The largest absolute Gasteiger partial charge is 0.449 e. The number of urea groups is 1. The second-order valence-corrected chi connectivity index (χ2v) is 4.46. The third-order valence-corrected chi connectivity index (χ3v) is 2.90. The summed E-state index contributed by atoms with van der Waals surface area (Å²) in [5.74, 6) is -1.17. The Labute approximate surface area is 115 Å². The van der Waals surface area contributed by atoms with Gasteiger partial charge < -0.3 is 10.1 Å². The van der Waals surface area contributed by atoms with Gasteiger partial charge in [0.2, 0.25) is 0 Å². The zero-order chi connectivity index (χ0) is 14.7. The topological polar surface area (TPSA) is 88.6 Å². The summed E-state index contributed by atoms with van der Waals surface area (Å²) in [5.41, 5.74) is 1.04. The maximum atomic E-state index is 11.9. The molecule has 20 heavy (non-hydrogen) atoms. The number of esters is 1. The molecular formula is C13H15N3O4. The number of imide groups is 1. The second kappa shape index (κ2) is 5.68. The van der Waals surface area contributed by atoms with Crippen molar-refractivity contribution in [2.75, 3.05) is 13.1 Å². The van der Waals surface area contributed by atoms with Gasteiger partial charge >= 0.3 is 12.0 Å². The molecule has 1 aromatic heterocycles. The summed E-state index contributed by atoms with van der Waals surface area (Å²) in [5, 5.41) is 2.51. The number of aromatic nitrogens is 1. The summed E-state index contributed by atoms with van der Waals surface area (Å²) < 4.78 is 5.05. The number of pyridine rings is 1. The fourth-order valence-electron chi connectivity index (χ4n) is 1.77. The van der Waals surface area contributed by atoms with Crippen molar-refractivity contribution in [1.82, 2.24) is 15.2 Å². The van der Waals surface area contributed by atoms with E-state index in [1.54, 1.807) is 19.1 Å². The molecule has 1 aromatic rings. The van der Waals surface area contributed by atoms with Crippen LogP contribution in [-0.2, 0) is 9.53 Å². The lowest BCUT2D eigenvalue weighted by atomic mass is 10.2. The zero-order valence-corrected chi connectivity index (χ0v) is 11.3. The maximum Gasteiger partial charge on any atom is 0.340 e. The smallest absolute Gasteiger partial charge is 0.340 e. The summed E-state index contributed by atoms with van der Waals surface area (Å²) in [4.78, 5) is 40.2. The fourth-order valence-corrected chi connectivity index (χ4v) is 1.77. The van der Waals surface area contributed by atoms with Gasteiger partial charge in [-0.2, -0.15) is 0 Å². The first-order chi connectivity index (χ1) is 9.49. The van der Waals surface area contributed by atoms with Crippen molar-refractivity contribution in [2.24, 2.45) is 0 Å². The summed E-state index contributed by atoms with van der Waals surface area (Å²) in [6.45, 7) is 3.93. The molecule has 0 spiro atoms. The highest BCUT2D eigenvalue weighted by Crippen LogP contribution is 2.08. The van der Waals surface area contributed by atoms with Gasteiger partial charge in [-0.15, -0.1) is 0 Å². The predicted octanol–water partition coefficient (Wildman–Crippen LogP) is 0.487. The number of aryl methyl sites for hydroxylation is 1. The van der Waals surface area contributed by atoms with Crippen LogP contribution in [0.25, 0.3) is 0 Å². The zero-order valence-electron chi connectivity index (χ0n) is 11.3. The lowest BCUT2D eigenvalue weighted by Gasteiger charge is -2.18. The van der Waals surface area contributed by atoms with E-state index in [2.05, 4.69) is 10.3 Å². The van der Waals surface area contributed by atoms with Crippen LogP contribution in [0, 0.1) is 6.92 Å². The Balaban J connectivity index is 1.98. The summed E-state index contributed by atoms with van der Waals surface area (Å²) in [6.07, 6.45) is 0.366. The first-order valence-corrected chi connectivity index (χ1v) is 6.22. The predicted molar refractivity (Wildman–Crippen MR) is 69.0 cm³/mol. The van der Waals surface area contributed by atoms with Gasteiger partial charge in [0.15, 0.2) is 6.10 Å². The molecular weight excluding hydrogens is 262 g/mol. The number of amides is 3. The highest BCUT2D eigenvalue weighted by atomic mass is 16.5. The van der Waals surface area contributed by atoms with Crippen molar-refractivity contribution < 1.29 is 19.1 Å². The van der Waals surface area contributed by atoms with Gasteiger partial charge in [0.25, 0.3) is 5.91 Å². The van der Waals surface area contributed by atoms with E-state index in [-0.39, 0.29) is 12.1 Å². The molecule has 2 rings (SSSR count). The molecule has 0 aliphatic carbocycles. The number of rotatable bonds is 3. The molecule has 1 fully saturated rings. The van der Waals surface area contributed by atoms with Crippen molar-refractivity contribution in [2.45, 2.75) is 20.0 Å². The van der Waals surface area contributed by atoms with Gasteiger partial charge in [0.1, 0.15) is 0 Å². The average Bonchev–Trinajstić information content (AvgIpc) is 2.84. The molecule has 1 N–H and O–H groups in total. The third-order valence-electron chi connectivity index (χ3n) is 2.90. The van der Waals surface area contributed by atoms with E-state index >= 15 is 0 Å². The van der Waals surface area contributed by atoms with Crippen molar-refractivity contribution in [1.29, 1.82) is 0 Å². The molecule has 2 heterocycles. The minimum Gasteiger partial charge on any atom is -0.449 e. The van der Waals surface area contributed by atoms with Crippen LogP contribution >= 0.6 is 0 Å². The average molecular weight is 277 g/mol. The van der Waals surface area contributed by atoms with Crippen molar-refractivity contribution in [3.63, 3.8) is 0 Å². The minimum absolute atomic E-state index is 0.265. The molecule has 0 radical (unpaired) electrons. The van der Waals surface area contributed by atoms with Crippen LogP contribution in [0.1, 0.15) is 23.0 Å². The number of carbonyl (C=O) groups is 3. The van der Waals surface area contributed by atoms with Crippen LogP contribution in [0.15, 0.2) is 18.3 Å². The van der Waals surface area contributed by atoms with Crippen LogP contribution in [0.5, 0.6) is 0 Å². The molecule has 1 unspecified atom stereocenters. The van der Waals surface area contributed by atoms with E-state index in [9.17, 15) is 14.4 Å². The Morgan fingerprint density at radius 3 is 2.75 bits per heavy atom. The molecule has 1 aliphatic rings. The molecule has 1 saturated heterocycles. The summed E-state index contributed by atoms with van der Waals surface area (Å²) in [6, 6.07) is 2.79. The Bertz CT molecular complexity index is 541. The lowest BCUT2D eigenvalue weighted by molar-refractivity contribution is -0.136. The number of ether oxygens (including phenoxy) is 1. The minimum atomic E-state index is -1.02. The number of hydrogen-bond donors (Lipinski definition) is 1. The summed E-state index contributed by atoms with van der Waals surface area (Å²) in [7, 11) is 0. The van der Waals surface area contributed by atoms with Crippen LogP contribution in [0.4, 0.5) is 4.79 Å². The number of nitrogens with one attached hydrogen (secondary N) is 1. The molecule has 7 heteroatoms. The Morgan fingerprint density at radius 2 is 2.20 bits per heavy atom. The van der Waals surface area contributed by atoms with E-state index in [1.165, 1.54) is 13.1 Å². The molecule has 1 aliphatic heterocycles. The fraction of sp³-hybridized carbons (Fsp3) is 0.385. The van der Waals surface area contributed by atoms with Crippen molar-refractivity contribution in [3.8, 4) is 0 Å². The highest BCUT2D eigenvalue weighted by Gasteiger charge is 2.31. The SMILES string of the molecule is Cc1ccc(C(=O)OC(C)C(=O)N2CCNC2=O)cn1. The molecule has 106 valence electrons. The van der Waals surface area contributed by atoms with Crippen molar-refractivity contribution >= 4 is 17.9 Å². The van der Waals surface area contributed by atoms with Crippen LogP contribution in [0.3, 0.4) is 0 Å². The number of carbonyl (C=O) groups excluding carboxylic acids is 3. The Kier molecular flexibility index (Phi) is 3.97. The van der Waals surface area contributed by atoms with E-state index in [1.807, 2.05) is 0 Å². The van der Waals surface area contributed by atoms with E-state index in [4.69, 9.17) is 4.74 Å². The molecule has 0 aromatic carbocycles. The van der Waals surface area contributed by atoms with E-state index < -0.39 is 24.0 Å². The van der Waals surface area contributed by atoms with Gasteiger partial charge in [-0.3, -0.25) is 14.7 Å².